The molecule has 0 bridgehead atoms. The number of H-pyrrole nitrogens is 1. The van der Waals surface area contributed by atoms with Gasteiger partial charge in [-0.15, -0.1) is 0 Å². The van der Waals surface area contributed by atoms with Crippen molar-refractivity contribution in [3.8, 4) is 5.75 Å². The molecule has 1 aromatic carbocycles. The second-order valence-electron chi connectivity index (χ2n) is 3.30. The maximum Gasteiger partial charge on any atom is 0.126 e. The van der Waals surface area contributed by atoms with Gasteiger partial charge in [-0.05, 0) is 18.2 Å². The number of hydrogen-bond acceptors (Lipinski definition) is 2. The van der Waals surface area contributed by atoms with Crippen molar-refractivity contribution in [1.82, 2.24) is 4.98 Å². The van der Waals surface area contributed by atoms with E-state index in [4.69, 9.17) is 10.5 Å². The van der Waals surface area contributed by atoms with E-state index in [-0.39, 0.29) is 0 Å². The maximum absolute atomic E-state index is 5.43. The molecule has 0 spiro atoms. The number of aromatic amines is 1. The van der Waals surface area contributed by atoms with Gasteiger partial charge in [0.25, 0.3) is 0 Å². The molecule has 3 N–H and O–H groups in total. The molecule has 0 fully saturated rings. The highest BCUT2D eigenvalue weighted by atomic mass is 16.5. The molecule has 0 unspecified atom stereocenters. The minimum absolute atomic E-state index is 0.534. The molecule has 0 amide bonds. The summed E-state index contributed by atoms with van der Waals surface area (Å²) in [6.07, 6.45) is 5.80. The first-order valence-electron chi connectivity index (χ1n) is 4.87. The number of hydrogen-bond donors (Lipinski definition) is 2. The zero-order valence-corrected chi connectivity index (χ0v) is 8.66. The second-order valence-corrected chi connectivity index (χ2v) is 3.30. The summed E-state index contributed by atoms with van der Waals surface area (Å²) in [5.41, 5.74) is 7.57. The molecule has 0 atom stereocenters. The Balaban J connectivity index is 2.54. The van der Waals surface area contributed by atoms with Crippen LogP contribution in [0.5, 0.6) is 5.75 Å². The largest absolute Gasteiger partial charge is 0.496 e. The van der Waals surface area contributed by atoms with Gasteiger partial charge >= 0.3 is 0 Å². The van der Waals surface area contributed by atoms with Crippen LogP contribution in [0.15, 0.2) is 30.5 Å². The lowest BCUT2D eigenvalue weighted by atomic mass is 10.1. The average molecular weight is 202 g/mol. The molecule has 0 aliphatic carbocycles. The molecule has 0 saturated carbocycles. The number of benzene rings is 1. The van der Waals surface area contributed by atoms with Gasteiger partial charge in [0.15, 0.2) is 0 Å². The van der Waals surface area contributed by atoms with E-state index in [0.29, 0.717) is 6.54 Å². The van der Waals surface area contributed by atoms with E-state index >= 15 is 0 Å². The van der Waals surface area contributed by atoms with E-state index in [0.717, 1.165) is 22.2 Å². The summed E-state index contributed by atoms with van der Waals surface area (Å²) < 4.78 is 5.31. The van der Waals surface area contributed by atoms with Gasteiger partial charge in [0.1, 0.15) is 5.75 Å². The van der Waals surface area contributed by atoms with Gasteiger partial charge in [0.05, 0.1) is 7.11 Å². The van der Waals surface area contributed by atoms with Crippen molar-refractivity contribution < 1.29 is 4.74 Å². The Kier molecular flexibility index (Phi) is 2.74. The quantitative estimate of drug-likeness (QED) is 0.801. The molecule has 2 rings (SSSR count). The molecule has 0 aliphatic rings. The van der Waals surface area contributed by atoms with Crippen LogP contribution in [-0.2, 0) is 0 Å². The number of nitrogens with two attached hydrogens (primary N) is 1. The summed E-state index contributed by atoms with van der Waals surface area (Å²) in [4.78, 5) is 3.17. The number of methoxy groups -OCH3 is 1. The van der Waals surface area contributed by atoms with Crippen molar-refractivity contribution in [2.75, 3.05) is 13.7 Å². The van der Waals surface area contributed by atoms with Gasteiger partial charge in [-0.2, -0.15) is 0 Å². The van der Waals surface area contributed by atoms with Gasteiger partial charge in [0.2, 0.25) is 0 Å². The van der Waals surface area contributed by atoms with Gasteiger partial charge < -0.3 is 15.5 Å². The van der Waals surface area contributed by atoms with E-state index in [2.05, 4.69) is 11.1 Å². The number of nitrogens with one attached hydrogen (secondary N) is 1. The predicted octanol–water partition coefficient (Wildman–Crippen LogP) is 2.15. The zero-order valence-electron chi connectivity index (χ0n) is 8.66. The minimum atomic E-state index is 0.534. The lowest BCUT2D eigenvalue weighted by Crippen LogP contribution is -1.93. The Bertz CT molecular complexity index is 485. The summed E-state index contributed by atoms with van der Waals surface area (Å²) in [5, 5.41) is 1.15. The topological polar surface area (TPSA) is 51.0 Å². The Morgan fingerprint density at radius 2 is 2.33 bits per heavy atom. The van der Waals surface area contributed by atoms with E-state index in [9.17, 15) is 0 Å². The predicted molar refractivity (Wildman–Crippen MR) is 62.9 cm³/mol. The van der Waals surface area contributed by atoms with E-state index < -0.39 is 0 Å². The van der Waals surface area contributed by atoms with Crippen molar-refractivity contribution >= 4 is 17.0 Å². The van der Waals surface area contributed by atoms with Gasteiger partial charge in [-0.3, -0.25) is 0 Å². The van der Waals surface area contributed by atoms with Crippen LogP contribution < -0.4 is 10.5 Å². The van der Waals surface area contributed by atoms with Crippen LogP contribution in [0.3, 0.4) is 0 Å². The number of fused-ring (bicyclic) bond motifs is 1. The lowest BCUT2D eigenvalue weighted by molar-refractivity contribution is 0.414. The van der Waals surface area contributed by atoms with Crippen LogP contribution in [0.2, 0.25) is 0 Å². The number of aromatic nitrogens is 1. The van der Waals surface area contributed by atoms with E-state index in [1.54, 1.807) is 7.11 Å². The summed E-state index contributed by atoms with van der Waals surface area (Å²) in [5.74, 6) is 0.867. The molecule has 3 nitrogen and oxygen atoms in total. The van der Waals surface area contributed by atoms with Crippen LogP contribution in [0.4, 0.5) is 0 Å². The van der Waals surface area contributed by atoms with E-state index in [1.165, 1.54) is 0 Å². The molecule has 0 saturated heterocycles. The molecular formula is C12H14N2O. The summed E-state index contributed by atoms with van der Waals surface area (Å²) >= 11 is 0. The van der Waals surface area contributed by atoms with E-state index in [1.807, 2.05) is 30.5 Å². The summed E-state index contributed by atoms with van der Waals surface area (Å²) in [7, 11) is 1.67. The Labute approximate surface area is 88.5 Å². The Morgan fingerprint density at radius 3 is 3.07 bits per heavy atom. The molecule has 78 valence electrons. The fraction of sp³-hybridized carbons (Fsp3) is 0.167. The molecule has 0 aliphatic heterocycles. The molecule has 1 aromatic heterocycles. The number of rotatable bonds is 3. The summed E-state index contributed by atoms with van der Waals surface area (Å²) in [6, 6.07) is 6.09. The van der Waals surface area contributed by atoms with Gasteiger partial charge in [-0.1, -0.05) is 12.2 Å². The molecule has 0 radical (unpaired) electrons. The van der Waals surface area contributed by atoms with Crippen LogP contribution in [0, 0.1) is 0 Å². The first-order valence-corrected chi connectivity index (χ1v) is 4.87. The first kappa shape index (κ1) is 9.80. The van der Waals surface area contributed by atoms with Crippen LogP contribution in [0.25, 0.3) is 17.0 Å². The molecule has 1 heterocycles. The highest BCUT2D eigenvalue weighted by Crippen LogP contribution is 2.26. The highest BCUT2D eigenvalue weighted by molar-refractivity contribution is 5.84. The van der Waals surface area contributed by atoms with Crippen molar-refractivity contribution in [3.63, 3.8) is 0 Å². The molecule has 3 heteroatoms. The minimum Gasteiger partial charge on any atom is -0.496 e. The first-order chi connectivity index (χ1) is 7.35. The fourth-order valence-electron chi connectivity index (χ4n) is 1.60. The standard InChI is InChI=1S/C12H14N2O/c1-15-12-8-9-4-6-14-11(9)7-10(12)3-2-5-13/h2-4,6-8,14H,5,13H2,1H3/b3-2+. The monoisotopic (exact) mass is 202 g/mol. The van der Waals surface area contributed by atoms with Crippen molar-refractivity contribution in [2.24, 2.45) is 5.73 Å². The third-order valence-electron chi connectivity index (χ3n) is 2.34. The smallest absolute Gasteiger partial charge is 0.126 e. The van der Waals surface area contributed by atoms with Crippen LogP contribution >= 0.6 is 0 Å². The van der Waals surface area contributed by atoms with Crippen molar-refractivity contribution in [1.29, 1.82) is 0 Å². The molecular weight excluding hydrogens is 188 g/mol. The number of ether oxygens (including phenoxy) is 1. The highest BCUT2D eigenvalue weighted by Gasteiger charge is 2.02. The van der Waals surface area contributed by atoms with Crippen molar-refractivity contribution in [2.45, 2.75) is 0 Å². The van der Waals surface area contributed by atoms with Crippen LogP contribution in [-0.4, -0.2) is 18.6 Å². The Morgan fingerprint density at radius 1 is 1.47 bits per heavy atom. The van der Waals surface area contributed by atoms with Crippen molar-refractivity contribution in [3.05, 3.63) is 36.0 Å². The fourth-order valence-corrected chi connectivity index (χ4v) is 1.60. The third kappa shape index (κ3) is 1.87. The lowest BCUT2D eigenvalue weighted by Gasteiger charge is -2.04. The maximum atomic E-state index is 5.43. The third-order valence-corrected chi connectivity index (χ3v) is 2.34. The van der Waals surface area contributed by atoms with Gasteiger partial charge in [0, 0.05) is 29.2 Å². The van der Waals surface area contributed by atoms with Gasteiger partial charge in [-0.25, -0.2) is 0 Å². The normalized spacial score (nSPS) is 11.3. The average Bonchev–Trinajstić information content (AvgIpc) is 2.71. The molecule has 2 aromatic rings. The summed E-state index contributed by atoms with van der Waals surface area (Å²) in [6.45, 7) is 0.534. The SMILES string of the molecule is COc1cc2cc[nH]c2cc1/C=C/CN. The molecule has 15 heavy (non-hydrogen) atoms. The van der Waals surface area contributed by atoms with Crippen LogP contribution in [0.1, 0.15) is 5.56 Å². The second kappa shape index (κ2) is 4.19. The Hall–Kier alpha value is -1.74. The zero-order chi connectivity index (χ0) is 10.7.